The van der Waals surface area contributed by atoms with E-state index in [0.717, 1.165) is 32.8 Å². The predicted molar refractivity (Wildman–Crippen MR) is 231 cm³/mol. The van der Waals surface area contributed by atoms with E-state index in [2.05, 4.69) is 31.6 Å². The summed E-state index contributed by atoms with van der Waals surface area (Å²) in [5.41, 5.74) is 20.8. The Hall–Kier alpha value is -6.42. The van der Waals surface area contributed by atoms with Gasteiger partial charge < -0.3 is 43.5 Å². The lowest BCUT2D eigenvalue weighted by Crippen LogP contribution is -2.59. The Kier molecular flexibility index (Phi) is 16.0. The second kappa shape index (κ2) is 21.5. The van der Waals surface area contributed by atoms with E-state index in [9.17, 15) is 28.8 Å². The molecule has 0 fully saturated rings. The van der Waals surface area contributed by atoms with E-state index in [-0.39, 0.29) is 25.7 Å². The first-order chi connectivity index (χ1) is 28.8. The van der Waals surface area contributed by atoms with E-state index in [0.29, 0.717) is 24.9 Å². The molecule has 0 saturated carbocycles. The molecule has 15 nitrogen and oxygen atoms in total. The Balaban J connectivity index is 1.34. The molecule has 0 saturated heterocycles. The van der Waals surface area contributed by atoms with Gasteiger partial charge in [-0.1, -0.05) is 91.0 Å². The molecule has 0 unspecified atom stereocenters. The third kappa shape index (κ3) is 12.5. The van der Waals surface area contributed by atoms with E-state index in [1.807, 2.05) is 72.8 Å². The Morgan fingerprint density at radius 3 is 1.93 bits per heavy atom. The van der Waals surface area contributed by atoms with Crippen molar-refractivity contribution in [3.63, 3.8) is 0 Å². The second-order valence-electron chi connectivity index (χ2n) is 15.1. The summed E-state index contributed by atoms with van der Waals surface area (Å²) < 4.78 is 0. The lowest BCUT2D eigenvalue weighted by molar-refractivity contribution is -0.136. The maximum atomic E-state index is 14.4. The summed E-state index contributed by atoms with van der Waals surface area (Å²) in [6.45, 7) is 3.28. The predicted octanol–water partition coefficient (Wildman–Crippen LogP) is 1.75. The molecule has 1 aromatic heterocycles. The van der Waals surface area contributed by atoms with Crippen LogP contribution in [0, 0.1) is 0 Å². The number of nitrogens with one attached hydrogen (secondary N) is 6. The van der Waals surface area contributed by atoms with Gasteiger partial charge in [0.25, 0.3) is 0 Å². The minimum atomic E-state index is -1.22. The minimum Gasteiger partial charge on any atom is -0.361 e. The van der Waals surface area contributed by atoms with Crippen LogP contribution in [0.2, 0.25) is 0 Å². The van der Waals surface area contributed by atoms with Gasteiger partial charge >= 0.3 is 0 Å². The molecule has 0 spiro atoms. The van der Waals surface area contributed by atoms with Crippen LogP contribution < -0.4 is 43.8 Å². The van der Waals surface area contributed by atoms with Gasteiger partial charge in [0.2, 0.25) is 35.4 Å². The zero-order valence-electron chi connectivity index (χ0n) is 33.9. The summed E-state index contributed by atoms with van der Waals surface area (Å²) in [4.78, 5) is 84.2. The van der Waals surface area contributed by atoms with Gasteiger partial charge in [-0.25, -0.2) is 0 Å². The summed E-state index contributed by atoms with van der Waals surface area (Å²) in [5, 5.41) is 16.2. The van der Waals surface area contributed by atoms with Gasteiger partial charge in [0.1, 0.15) is 24.2 Å². The number of para-hydroxylation sites is 1. The van der Waals surface area contributed by atoms with Crippen molar-refractivity contribution < 1.29 is 28.8 Å². The third-order valence-electron chi connectivity index (χ3n) is 10.2. The zero-order chi connectivity index (χ0) is 43.2. The van der Waals surface area contributed by atoms with Crippen LogP contribution in [0.3, 0.4) is 0 Å². The smallest absolute Gasteiger partial charge is 0.249 e. The molecule has 0 aliphatic heterocycles. The van der Waals surface area contributed by atoms with Crippen LogP contribution in [-0.2, 0) is 48.0 Å². The van der Waals surface area contributed by atoms with Crippen LogP contribution in [0.4, 0.5) is 0 Å². The van der Waals surface area contributed by atoms with Crippen molar-refractivity contribution in [1.29, 1.82) is 0 Å². The zero-order valence-corrected chi connectivity index (χ0v) is 33.9. The molecule has 5 rings (SSSR count). The number of hydrogen-bond acceptors (Lipinski definition) is 9. The molecule has 316 valence electrons. The number of hydrogen-bond donors (Lipinski definition) is 9. The Morgan fingerprint density at radius 2 is 1.22 bits per heavy atom. The lowest BCUT2D eigenvalue weighted by Gasteiger charge is -2.26. The molecule has 6 atom stereocenters. The van der Waals surface area contributed by atoms with Gasteiger partial charge in [-0.05, 0) is 79.6 Å². The molecule has 60 heavy (non-hydrogen) atoms. The summed E-state index contributed by atoms with van der Waals surface area (Å²) in [6.07, 6.45) is 3.24. The quantitative estimate of drug-likeness (QED) is 0.0518. The first kappa shape index (κ1) is 44.7. The molecule has 0 bridgehead atoms. The SMILES string of the molecule is C[C@H](NC(=O)[C@H](N)Cc1ccc2ccccc2c1)C(=O)N[C@@H](Cc1c[nH]c2ccccc12)C(=O)N[C@H](Cc1ccccc1)C(=O)N[C@@H](CCCCN)C(=O)NC(=O)[C@@H](C)N. The fraction of sp³-hybridized carbons (Fsp3) is 0.333. The minimum absolute atomic E-state index is 0.0207. The standard InChI is InChI=1S/C45H55N9O6/c1-27(47)40(55)54-43(58)37(18-10-11-21-46)51-44(59)38(24-29-12-4-3-5-13-29)53-45(60)39(25-33-26-49-36-17-9-8-16-34(33)36)52-41(56)28(2)50-42(57)35(48)23-30-19-20-31-14-6-7-15-32(31)22-30/h3-9,12-17,19-20,22,26-28,35,37-39,49H,10-11,18,21,23-25,46-48H2,1-2H3,(H,50,57)(H,51,59)(H,52,56)(H,53,60)(H,54,55,58)/t27-,28+,35-,37+,38-,39+/m1/s1. The van der Waals surface area contributed by atoms with Crippen molar-refractivity contribution in [2.45, 2.75) is 88.6 Å². The number of aromatic amines is 1. The molecule has 15 heteroatoms. The third-order valence-corrected chi connectivity index (χ3v) is 10.2. The van der Waals surface area contributed by atoms with Crippen LogP contribution >= 0.6 is 0 Å². The van der Waals surface area contributed by atoms with Gasteiger partial charge in [-0.2, -0.15) is 0 Å². The van der Waals surface area contributed by atoms with E-state index in [1.54, 1.807) is 30.5 Å². The maximum absolute atomic E-state index is 14.4. The summed E-state index contributed by atoms with van der Waals surface area (Å²) in [5.74, 6) is -4.03. The van der Waals surface area contributed by atoms with E-state index in [1.165, 1.54) is 13.8 Å². The molecule has 0 aliphatic carbocycles. The number of unbranched alkanes of at least 4 members (excludes halogenated alkanes) is 1. The Morgan fingerprint density at radius 1 is 0.583 bits per heavy atom. The maximum Gasteiger partial charge on any atom is 0.249 e. The molecule has 4 aromatic carbocycles. The second-order valence-corrected chi connectivity index (χ2v) is 15.1. The fourth-order valence-corrected chi connectivity index (χ4v) is 6.81. The van der Waals surface area contributed by atoms with Gasteiger partial charge in [0.05, 0.1) is 12.1 Å². The van der Waals surface area contributed by atoms with Crippen molar-refractivity contribution in [2.24, 2.45) is 17.2 Å². The average Bonchev–Trinajstić information content (AvgIpc) is 3.65. The van der Waals surface area contributed by atoms with Crippen LogP contribution in [0.15, 0.2) is 103 Å². The van der Waals surface area contributed by atoms with Gasteiger partial charge in [0.15, 0.2) is 0 Å². The number of imide groups is 1. The van der Waals surface area contributed by atoms with Crippen molar-refractivity contribution in [3.05, 3.63) is 120 Å². The topological polar surface area (TPSA) is 256 Å². The van der Waals surface area contributed by atoms with Crippen LogP contribution in [0.25, 0.3) is 21.7 Å². The number of nitrogens with two attached hydrogens (primary N) is 3. The summed E-state index contributed by atoms with van der Waals surface area (Å²) >= 11 is 0. The molecular weight excluding hydrogens is 763 g/mol. The molecule has 0 aliphatic rings. The number of benzene rings is 4. The molecular formula is C45H55N9O6. The highest BCUT2D eigenvalue weighted by Gasteiger charge is 2.32. The van der Waals surface area contributed by atoms with Crippen molar-refractivity contribution in [2.75, 3.05) is 6.54 Å². The molecule has 6 amide bonds. The lowest BCUT2D eigenvalue weighted by atomic mass is 10.0. The van der Waals surface area contributed by atoms with Crippen molar-refractivity contribution in [3.8, 4) is 0 Å². The monoisotopic (exact) mass is 817 g/mol. The molecule has 0 radical (unpaired) electrons. The van der Waals surface area contributed by atoms with Gasteiger partial charge in [-0.3, -0.25) is 34.1 Å². The van der Waals surface area contributed by atoms with E-state index >= 15 is 0 Å². The summed E-state index contributed by atoms with van der Waals surface area (Å²) in [6, 6.07) is 23.6. The number of fused-ring (bicyclic) bond motifs is 2. The van der Waals surface area contributed by atoms with Crippen molar-refractivity contribution in [1.82, 2.24) is 31.6 Å². The molecule has 1 heterocycles. The molecule has 5 aromatic rings. The highest BCUT2D eigenvalue weighted by Crippen LogP contribution is 2.20. The number of carbonyl (C=O) groups is 6. The first-order valence-corrected chi connectivity index (χ1v) is 20.2. The summed E-state index contributed by atoms with van der Waals surface area (Å²) in [7, 11) is 0. The first-order valence-electron chi connectivity index (χ1n) is 20.2. The number of aromatic nitrogens is 1. The van der Waals surface area contributed by atoms with Gasteiger partial charge in [0, 0.05) is 29.9 Å². The Labute approximate surface area is 349 Å². The number of amides is 6. The highest BCUT2D eigenvalue weighted by molar-refractivity contribution is 6.02. The van der Waals surface area contributed by atoms with E-state index < -0.39 is 71.7 Å². The van der Waals surface area contributed by atoms with Gasteiger partial charge in [-0.15, -0.1) is 0 Å². The number of H-pyrrole nitrogens is 1. The largest absolute Gasteiger partial charge is 0.361 e. The Bertz CT molecular complexity index is 2280. The van der Waals surface area contributed by atoms with Crippen LogP contribution in [-0.4, -0.2) is 83.2 Å². The van der Waals surface area contributed by atoms with Crippen LogP contribution in [0.5, 0.6) is 0 Å². The van der Waals surface area contributed by atoms with Crippen molar-refractivity contribution >= 4 is 57.1 Å². The number of carbonyl (C=O) groups excluding carboxylic acids is 6. The number of rotatable bonds is 20. The highest BCUT2D eigenvalue weighted by atomic mass is 16.2. The normalized spacial score (nSPS) is 14.2. The average molecular weight is 818 g/mol. The molecule has 12 N–H and O–H groups in total. The van der Waals surface area contributed by atoms with Crippen LogP contribution in [0.1, 0.15) is 49.8 Å². The fourth-order valence-electron chi connectivity index (χ4n) is 6.81. The van der Waals surface area contributed by atoms with E-state index in [4.69, 9.17) is 17.2 Å².